The van der Waals surface area contributed by atoms with E-state index < -0.39 is 0 Å². The van der Waals surface area contributed by atoms with Crippen molar-refractivity contribution >= 4 is 27.5 Å². The molecule has 104 valence electrons. The molecule has 0 aromatic heterocycles. The lowest BCUT2D eigenvalue weighted by Gasteiger charge is -2.26. The number of rotatable bonds is 3. The molecule has 19 heavy (non-hydrogen) atoms. The first-order valence-corrected chi connectivity index (χ1v) is 7.55. The van der Waals surface area contributed by atoms with Gasteiger partial charge in [-0.25, -0.2) is 0 Å². The normalized spacial score (nSPS) is 23.1. The Bertz CT molecular complexity index is 456. The van der Waals surface area contributed by atoms with Crippen LogP contribution in [0.4, 0.5) is 5.69 Å². The summed E-state index contributed by atoms with van der Waals surface area (Å²) in [4.78, 5) is 15.0. The molecule has 0 atom stereocenters. The number of piperazine rings is 1. The minimum atomic E-state index is 0.108. The molecule has 1 aliphatic rings. The molecule has 5 heteroatoms. The van der Waals surface area contributed by atoms with E-state index >= 15 is 0 Å². The number of halogens is 1. The van der Waals surface area contributed by atoms with Crippen molar-refractivity contribution in [3.8, 4) is 0 Å². The fraction of sp³-hybridized carbons (Fsp3) is 0.500. The maximum atomic E-state index is 12.0. The van der Waals surface area contributed by atoms with Crippen molar-refractivity contribution in [3.05, 3.63) is 28.2 Å². The van der Waals surface area contributed by atoms with Gasteiger partial charge in [0.15, 0.2) is 6.54 Å². The summed E-state index contributed by atoms with van der Waals surface area (Å²) in [6.07, 6.45) is 0. The highest BCUT2D eigenvalue weighted by molar-refractivity contribution is 9.10. The number of amides is 1. The van der Waals surface area contributed by atoms with Crippen molar-refractivity contribution in [2.45, 2.75) is 6.92 Å². The average Bonchev–Trinajstić information content (AvgIpc) is 2.37. The smallest absolute Gasteiger partial charge is 0.279 e. The van der Waals surface area contributed by atoms with Crippen molar-refractivity contribution in [2.24, 2.45) is 0 Å². The molecule has 0 saturated carbocycles. The molecule has 0 unspecified atom stereocenters. The van der Waals surface area contributed by atoms with Gasteiger partial charge in [-0.1, -0.05) is 15.9 Å². The number of nitrogens with one attached hydrogen (secondary N) is 3. The van der Waals surface area contributed by atoms with Gasteiger partial charge in [-0.15, -0.1) is 0 Å². The number of hydrogen-bond acceptors (Lipinski definition) is 1. The Morgan fingerprint density at radius 1 is 1.32 bits per heavy atom. The summed E-state index contributed by atoms with van der Waals surface area (Å²) < 4.78 is 1.07. The van der Waals surface area contributed by atoms with Crippen molar-refractivity contribution in [2.75, 3.05) is 45.1 Å². The summed E-state index contributed by atoms with van der Waals surface area (Å²) in [6.45, 7) is 7.06. The first-order valence-electron chi connectivity index (χ1n) is 6.75. The number of quaternary nitrogens is 2. The lowest BCUT2D eigenvalue weighted by molar-refractivity contribution is -0.999. The summed E-state index contributed by atoms with van der Waals surface area (Å²) in [6, 6.07) is 5.89. The summed E-state index contributed by atoms with van der Waals surface area (Å²) in [5, 5.41) is 2.98. The third-order valence-electron chi connectivity index (χ3n) is 3.66. The van der Waals surface area contributed by atoms with Crippen LogP contribution in [0.2, 0.25) is 0 Å². The van der Waals surface area contributed by atoms with Gasteiger partial charge in [0.1, 0.15) is 26.2 Å². The number of hydrogen-bond donors (Lipinski definition) is 3. The highest BCUT2D eigenvalue weighted by Crippen LogP contribution is 2.19. The molecule has 0 spiro atoms. The molecule has 1 aliphatic heterocycles. The van der Waals surface area contributed by atoms with Crippen molar-refractivity contribution in [3.63, 3.8) is 0 Å². The van der Waals surface area contributed by atoms with Crippen LogP contribution in [0.25, 0.3) is 0 Å². The Kier molecular flexibility index (Phi) is 4.96. The van der Waals surface area contributed by atoms with E-state index in [4.69, 9.17) is 0 Å². The molecule has 0 aliphatic carbocycles. The lowest BCUT2D eigenvalue weighted by atomic mass is 10.2. The molecule has 1 saturated heterocycles. The zero-order valence-electron chi connectivity index (χ0n) is 11.6. The molecule has 4 nitrogen and oxygen atoms in total. The van der Waals surface area contributed by atoms with Crippen molar-refractivity contribution in [1.29, 1.82) is 0 Å². The van der Waals surface area contributed by atoms with Crippen LogP contribution in [-0.2, 0) is 4.79 Å². The molecule has 0 radical (unpaired) electrons. The zero-order valence-corrected chi connectivity index (χ0v) is 13.1. The first kappa shape index (κ1) is 14.5. The van der Waals surface area contributed by atoms with Crippen molar-refractivity contribution in [1.82, 2.24) is 0 Å². The Balaban J connectivity index is 1.85. The van der Waals surface area contributed by atoms with Crippen LogP contribution in [-0.4, -0.2) is 45.7 Å². The van der Waals surface area contributed by atoms with Crippen LogP contribution in [0, 0.1) is 6.92 Å². The molecular weight excluding hydrogens is 306 g/mol. The van der Waals surface area contributed by atoms with Gasteiger partial charge in [0.25, 0.3) is 5.91 Å². The van der Waals surface area contributed by atoms with Gasteiger partial charge in [-0.2, -0.15) is 0 Å². The minimum absolute atomic E-state index is 0.108. The Morgan fingerprint density at radius 3 is 2.63 bits per heavy atom. The fourth-order valence-corrected chi connectivity index (χ4v) is 2.61. The Hall–Kier alpha value is -0.910. The van der Waals surface area contributed by atoms with E-state index in [9.17, 15) is 4.79 Å². The SMILES string of the molecule is Cc1cc(NC(=O)C[NH+]2CC[NH+](C)CC2)ccc1Br. The second-order valence-corrected chi connectivity index (χ2v) is 6.25. The third kappa shape index (κ3) is 4.30. The maximum Gasteiger partial charge on any atom is 0.279 e. The summed E-state index contributed by atoms with van der Waals surface area (Å²) in [7, 11) is 2.21. The largest absolute Gasteiger partial charge is 0.328 e. The Labute approximate surface area is 122 Å². The summed E-state index contributed by atoms with van der Waals surface area (Å²) in [5.41, 5.74) is 2.01. The van der Waals surface area contributed by atoms with E-state index in [1.165, 1.54) is 4.90 Å². The maximum absolute atomic E-state index is 12.0. The lowest BCUT2D eigenvalue weighted by Crippen LogP contribution is -3.27. The summed E-state index contributed by atoms with van der Waals surface area (Å²) in [5.74, 6) is 0.108. The predicted octanol–water partition coefficient (Wildman–Crippen LogP) is -0.891. The second-order valence-electron chi connectivity index (χ2n) is 5.40. The molecule has 1 amide bonds. The van der Waals surface area contributed by atoms with Crippen LogP contribution in [0.5, 0.6) is 0 Å². The summed E-state index contributed by atoms with van der Waals surface area (Å²) >= 11 is 3.46. The molecule has 2 rings (SSSR count). The van der Waals surface area contributed by atoms with E-state index in [1.807, 2.05) is 25.1 Å². The monoisotopic (exact) mass is 327 g/mol. The van der Waals surface area contributed by atoms with Gasteiger partial charge in [0.2, 0.25) is 0 Å². The number of carbonyl (C=O) groups excluding carboxylic acids is 1. The average molecular weight is 328 g/mol. The van der Waals surface area contributed by atoms with Gasteiger partial charge in [-0.05, 0) is 30.7 Å². The highest BCUT2D eigenvalue weighted by atomic mass is 79.9. The predicted molar refractivity (Wildman–Crippen MR) is 79.7 cm³/mol. The molecular formula is C14H22BrN3O+2. The standard InChI is InChI=1S/C14H20BrN3O/c1-11-9-12(3-4-13(11)15)16-14(19)10-18-7-5-17(2)6-8-18/h3-4,9H,5-8,10H2,1-2H3,(H,16,19)/p+2. The van der Waals surface area contributed by atoms with Crippen LogP contribution >= 0.6 is 15.9 Å². The molecule has 1 aromatic carbocycles. The fourth-order valence-electron chi connectivity index (χ4n) is 2.36. The molecule has 1 fully saturated rings. The van der Waals surface area contributed by atoms with E-state index in [1.54, 1.807) is 4.90 Å². The van der Waals surface area contributed by atoms with Gasteiger partial charge in [0.05, 0.1) is 7.05 Å². The quantitative estimate of drug-likeness (QED) is 0.662. The van der Waals surface area contributed by atoms with Crippen LogP contribution in [0.3, 0.4) is 0 Å². The number of benzene rings is 1. The number of anilines is 1. The topological polar surface area (TPSA) is 38.0 Å². The number of carbonyl (C=O) groups is 1. The van der Waals surface area contributed by atoms with E-state index in [-0.39, 0.29) is 5.91 Å². The van der Waals surface area contributed by atoms with Gasteiger partial charge in [0, 0.05) is 10.2 Å². The van der Waals surface area contributed by atoms with Crippen molar-refractivity contribution < 1.29 is 14.6 Å². The Morgan fingerprint density at radius 2 is 2.00 bits per heavy atom. The van der Waals surface area contributed by atoms with Crippen LogP contribution in [0.15, 0.2) is 22.7 Å². The third-order valence-corrected chi connectivity index (χ3v) is 4.55. The second kappa shape index (κ2) is 6.50. The minimum Gasteiger partial charge on any atom is -0.328 e. The van der Waals surface area contributed by atoms with Gasteiger partial charge in [-0.3, -0.25) is 4.79 Å². The van der Waals surface area contributed by atoms with Crippen LogP contribution < -0.4 is 15.1 Å². The highest BCUT2D eigenvalue weighted by Gasteiger charge is 2.22. The van der Waals surface area contributed by atoms with E-state index in [0.717, 1.165) is 41.9 Å². The van der Waals surface area contributed by atoms with Gasteiger partial charge >= 0.3 is 0 Å². The number of aryl methyl sites for hydroxylation is 1. The van der Waals surface area contributed by atoms with E-state index in [0.29, 0.717) is 6.54 Å². The zero-order chi connectivity index (χ0) is 13.8. The first-order chi connectivity index (χ1) is 9.04. The molecule has 1 heterocycles. The molecule has 3 N–H and O–H groups in total. The van der Waals surface area contributed by atoms with Crippen LogP contribution in [0.1, 0.15) is 5.56 Å². The molecule has 1 aromatic rings. The van der Waals surface area contributed by atoms with E-state index in [2.05, 4.69) is 28.3 Å². The molecule has 0 bridgehead atoms. The number of likely N-dealkylation sites (N-methyl/N-ethyl adjacent to an activating group) is 1. The van der Waals surface area contributed by atoms with Gasteiger partial charge < -0.3 is 15.1 Å².